The van der Waals surface area contributed by atoms with Gasteiger partial charge in [-0.05, 0) is 13.0 Å². The Balaban J connectivity index is 0.000000561. The predicted molar refractivity (Wildman–Crippen MR) is 52.9 cm³/mol. The third-order valence-electron chi connectivity index (χ3n) is 1.47. The average molecular weight is 167 g/mol. The number of nitrogen functional groups attached to an aromatic ring is 1. The van der Waals surface area contributed by atoms with Crippen LogP contribution in [0.2, 0.25) is 0 Å². The van der Waals surface area contributed by atoms with Gasteiger partial charge in [-0.2, -0.15) is 0 Å². The van der Waals surface area contributed by atoms with Crippen LogP contribution in [-0.4, -0.2) is 5.11 Å². The molecule has 0 aliphatic heterocycles. The molecule has 0 fully saturated rings. The largest absolute Gasteiger partial charge is 0.398 e. The van der Waals surface area contributed by atoms with Gasteiger partial charge in [-0.1, -0.05) is 31.5 Å². The maximum absolute atomic E-state index is 8.76. The molecule has 0 aliphatic rings. The lowest BCUT2D eigenvalue weighted by molar-refractivity contribution is 0.282. The molecule has 0 bridgehead atoms. The van der Waals surface area contributed by atoms with Crippen molar-refractivity contribution in [2.75, 3.05) is 5.73 Å². The van der Waals surface area contributed by atoms with Crippen LogP contribution < -0.4 is 5.73 Å². The van der Waals surface area contributed by atoms with Gasteiger partial charge in [-0.15, -0.1) is 0 Å². The lowest BCUT2D eigenvalue weighted by atomic mass is 10.1. The number of nitrogens with two attached hydrogens (primary N) is 1. The summed E-state index contributed by atoms with van der Waals surface area (Å²) in [6.45, 7) is 5.99. The minimum atomic E-state index is 0.0213. The fraction of sp³-hybridized carbons (Fsp3) is 0.400. The molecule has 0 radical (unpaired) electrons. The quantitative estimate of drug-likeness (QED) is 0.629. The number of aryl methyl sites for hydroxylation is 1. The van der Waals surface area contributed by atoms with Crippen molar-refractivity contribution in [2.24, 2.45) is 0 Å². The maximum atomic E-state index is 8.76. The number of aliphatic hydroxyl groups is 1. The Bertz CT molecular complexity index is 233. The zero-order valence-electron chi connectivity index (χ0n) is 7.96. The van der Waals surface area contributed by atoms with Crippen molar-refractivity contribution in [3.63, 3.8) is 0 Å². The van der Waals surface area contributed by atoms with Crippen molar-refractivity contribution in [1.29, 1.82) is 0 Å². The Kier molecular flexibility index (Phi) is 5.13. The highest BCUT2D eigenvalue weighted by atomic mass is 16.3. The van der Waals surface area contributed by atoms with Crippen LogP contribution in [0.15, 0.2) is 18.2 Å². The molecule has 0 unspecified atom stereocenters. The van der Waals surface area contributed by atoms with Gasteiger partial charge < -0.3 is 10.8 Å². The van der Waals surface area contributed by atoms with E-state index in [0.717, 1.165) is 11.1 Å². The molecule has 0 amide bonds. The van der Waals surface area contributed by atoms with Crippen LogP contribution in [0.25, 0.3) is 0 Å². The van der Waals surface area contributed by atoms with Crippen LogP contribution >= 0.6 is 0 Å². The van der Waals surface area contributed by atoms with Crippen LogP contribution in [0.4, 0.5) is 5.69 Å². The predicted octanol–water partition coefficient (Wildman–Crippen LogP) is 2.10. The van der Waals surface area contributed by atoms with Crippen LogP contribution in [0, 0.1) is 6.92 Å². The van der Waals surface area contributed by atoms with Gasteiger partial charge in [0.05, 0.1) is 6.61 Å². The number of anilines is 1. The van der Waals surface area contributed by atoms with Crippen molar-refractivity contribution in [3.8, 4) is 0 Å². The molecule has 0 heterocycles. The van der Waals surface area contributed by atoms with E-state index >= 15 is 0 Å². The summed E-state index contributed by atoms with van der Waals surface area (Å²) in [5.41, 5.74) is 8.13. The zero-order chi connectivity index (χ0) is 9.56. The Hall–Kier alpha value is -1.02. The maximum Gasteiger partial charge on any atom is 0.0702 e. The fourth-order valence-corrected chi connectivity index (χ4v) is 0.871. The van der Waals surface area contributed by atoms with Crippen LogP contribution in [0.1, 0.15) is 25.0 Å². The van der Waals surface area contributed by atoms with E-state index in [4.69, 9.17) is 10.8 Å². The van der Waals surface area contributed by atoms with Crippen LogP contribution in [0.5, 0.6) is 0 Å². The Morgan fingerprint density at radius 2 is 1.92 bits per heavy atom. The topological polar surface area (TPSA) is 46.2 Å². The number of rotatable bonds is 1. The highest BCUT2D eigenvalue weighted by Gasteiger charge is 1.95. The first-order valence-corrected chi connectivity index (χ1v) is 4.20. The van der Waals surface area contributed by atoms with E-state index in [2.05, 4.69) is 0 Å². The SMILES string of the molecule is CC.Cc1ccc(N)c(CO)c1. The molecule has 3 N–H and O–H groups in total. The first-order chi connectivity index (χ1) is 5.74. The molecule has 0 aromatic heterocycles. The molecule has 1 aromatic carbocycles. The molecule has 0 saturated carbocycles. The lowest BCUT2D eigenvalue weighted by Gasteiger charge is -2.01. The van der Waals surface area contributed by atoms with Crippen molar-refractivity contribution in [1.82, 2.24) is 0 Å². The van der Waals surface area contributed by atoms with Gasteiger partial charge in [-0.3, -0.25) is 0 Å². The highest BCUT2D eigenvalue weighted by molar-refractivity contribution is 5.47. The van der Waals surface area contributed by atoms with Crippen molar-refractivity contribution < 1.29 is 5.11 Å². The first kappa shape index (κ1) is 11.0. The summed E-state index contributed by atoms with van der Waals surface area (Å²) in [5.74, 6) is 0. The van der Waals surface area contributed by atoms with Gasteiger partial charge in [0.15, 0.2) is 0 Å². The monoisotopic (exact) mass is 167 g/mol. The molecule has 12 heavy (non-hydrogen) atoms. The average Bonchev–Trinajstić information content (AvgIpc) is 2.13. The summed E-state index contributed by atoms with van der Waals surface area (Å²) in [7, 11) is 0. The van der Waals surface area contributed by atoms with Gasteiger partial charge in [0, 0.05) is 11.3 Å². The van der Waals surface area contributed by atoms with Crippen LogP contribution in [-0.2, 0) is 6.61 Å². The molecule has 0 atom stereocenters. The zero-order valence-corrected chi connectivity index (χ0v) is 7.96. The van der Waals surface area contributed by atoms with Crippen molar-refractivity contribution in [2.45, 2.75) is 27.4 Å². The van der Waals surface area contributed by atoms with E-state index in [1.807, 2.05) is 32.9 Å². The number of hydrogen-bond donors (Lipinski definition) is 2. The molecule has 2 nitrogen and oxygen atoms in total. The Labute approximate surface area is 74.0 Å². The summed E-state index contributed by atoms with van der Waals surface area (Å²) in [4.78, 5) is 0. The standard InChI is InChI=1S/C8H11NO.C2H6/c1-6-2-3-8(9)7(4-6)5-10;1-2/h2-4,10H,5,9H2,1H3;1-2H3. The summed E-state index contributed by atoms with van der Waals surface area (Å²) in [5, 5.41) is 8.76. The fourth-order valence-electron chi connectivity index (χ4n) is 0.871. The lowest BCUT2D eigenvalue weighted by Crippen LogP contribution is -1.93. The van der Waals surface area contributed by atoms with E-state index in [0.29, 0.717) is 5.69 Å². The third-order valence-corrected chi connectivity index (χ3v) is 1.47. The molecule has 2 heteroatoms. The molecule has 1 aromatic rings. The van der Waals surface area contributed by atoms with Gasteiger partial charge in [0.1, 0.15) is 0 Å². The van der Waals surface area contributed by atoms with Crippen molar-refractivity contribution >= 4 is 5.69 Å². The molecule has 0 saturated heterocycles. The summed E-state index contributed by atoms with van der Waals surface area (Å²) in [6, 6.07) is 5.62. The number of benzene rings is 1. The summed E-state index contributed by atoms with van der Waals surface area (Å²) < 4.78 is 0. The van der Waals surface area contributed by atoms with E-state index in [1.54, 1.807) is 6.07 Å². The molecular weight excluding hydrogens is 150 g/mol. The van der Waals surface area contributed by atoms with Gasteiger partial charge >= 0.3 is 0 Å². The minimum absolute atomic E-state index is 0.0213. The second kappa shape index (κ2) is 5.61. The summed E-state index contributed by atoms with van der Waals surface area (Å²) >= 11 is 0. The first-order valence-electron chi connectivity index (χ1n) is 4.20. The van der Waals surface area contributed by atoms with E-state index in [9.17, 15) is 0 Å². The molecule has 68 valence electrons. The highest BCUT2D eigenvalue weighted by Crippen LogP contribution is 2.12. The number of aliphatic hydroxyl groups excluding tert-OH is 1. The molecule has 1 rings (SSSR count). The molecule has 0 spiro atoms. The second-order valence-electron chi connectivity index (χ2n) is 2.36. The summed E-state index contributed by atoms with van der Waals surface area (Å²) in [6.07, 6.45) is 0. The van der Waals surface area contributed by atoms with E-state index < -0.39 is 0 Å². The minimum Gasteiger partial charge on any atom is -0.398 e. The van der Waals surface area contributed by atoms with Crippen LogP contribution in [0.3, 0.4) is 0 Å². The van der Waals surface area contributed by atoms with E-state index in [-0.39, 0.29) is 6.61 Å². The second-order valence-corrected chi connectivity index (χ2v) is 2.36. The normalized spacial score (nSPS) is 8.67. The van der Waals surface area contributed by atoms with Crippen molar-refractivity contribution in [3.05, 3.63) is 29.3 Å². The molecular formula is C10H17NO. The van der Waals surface area contributed by atoms with E-state index in [1.165, 1.54) is 0 Å². The van der Waals surface area contributed by atoms with Gasteiger partial charge in [-0.25, -0.2) is 0 Å². The van der Waals surface area contributed by atoms with Gasteiger partial charge in [0.25, 0.3) is 0 Å². The Morgan fingerprint density at radius 3 is 2.33 bits per heavy atom. The molecule has 0 aliphatic carbocycles. The number of hydrogen-bond acceptors (Lipinski definition) is 2. The Morgan fingerprint density at radius 1 is 1.33 bits per heavy atom. The third kappa shape index (κ3) is 2.93. The smallest absolute Gasteiger partial charge is 0.0702 e. The van der Waals surface area contributed by atoms with Gasteiger partial charge in [0.2, 0.25) is 0 Å².